The van der Waals surface area contributed by atoms with Gasteiger partial charge in [0.1, 0.15) is 17.3 Å². The summed E-state index contributed by atoms with van der Waals surface area (Å²) >= 11 is 0. The van der Waals surface area contributed by atoms with Crippen LogP contribution in [0.2, 0.25) is 0 Å². The molecule has 0 radical (unpaired) electrons. The van der Waals surface area contributed by atoms with E-state index in [1.54, 1.807) is 13.8 Å². The van der Waals surface area contributed by atoms with Gasteiger partial charge in [-0.05, 0) is 32.6 Å². The summed E-state index contributed by atoms with van der Waals surface area (Å²) in [5.41, 5.74) is 5.13. The van der Waals surface area contributed by atoms with Crippen LogP contribution in [0, 0.1) is 11.8 Å². The van der Waals surface area contributed by atoms with Crippen LogP contribution in [-0.4, -0.2) is 41.0 Å². The lowest BCUT2D eigenvalue weighted by atomic mass is 9.86. The summed E-state index contributed by atoms with van der Waals surface area (Å²) in [4.78, 5) is 71.4. The second kappa shape index (κ2) is 15.4. The molecule has 0 fully saturated rings. The molecular weight excluding hydrogens is 400 g/mol. The lowest BCUT2D eigenvalue weighted by Crippen LogP contribution is -2.41. The SMILES string of the molecule is CCC(=O)CCC(NC(=O)CCC(CC)C(=O)CC(CCC(N)=O)C(C)=O)C(=O)CC. The highest BCUT2D eigenvalue weighted by molar-refractivity contribution is 5.90. The number of primary amides is 1. The van der Waals surface area contributed by atoms with E-state index >= 15 is 0 Å². The van der Waals surface area contributed by atoms with Crippen molar-refractivity contribution in [2.24, 2.45) is 17.6 Å². The molecule has 0 bridgehead atoms. The van der Waals surface area contributed by atoms with Crippen molar-refractivity contribution in [3.05, 3.63) is 0 Å². The van der Waals surface area contributed by atoms with Gasteiger partial charge in [0, 0.05) is 50.4 Å². The number of hydrogen-bond donors (Lipinski definition) is 2. The standard InChI is InChI=1S/C23H38N2O6/c1-5-16(21(29)14-17(15(4)26)8-12-22(24)30)9-13-23(31)25-19(20(28)7-3)11-10-18(27)6-2/h16-17,19H,5-14H2,1-4H3,(H2,24,30)(H,25,31). The summed E-state index contributed by atoms with van der Waals surface area (Å²) in [6.45, 7) is 6.69. The molecule has 0 rings (SSSR count). The fourth-order valence-corrected chi connectivity index (χ4v) is 3.38. The highest BCUT2D eigenvalue weighted by atomic mass is 16.2. The van der Waals surface area contributed by atoms with Gasteiger partial charge in [0.15, 0.2) is 5.78 Å². The Bertz CT molecular complexity index is 658. The molecule has 0 aliphatic rings. The minimum Gasteiger partial charge on any atom is -0.370 e. The maximum atomic E-state index is 12.6. The van der Waals surface area contributed by atoms with Gasteiger partial charge < -0.3 is 11.1 Å². The minimum absolute atomic E-state index is 0.0266. The van der Waals surface area contributed by atoms with Crippen LogP contribution in [0.3, 0.4) is 0 Å². The number of carbonyl (C=O) groups is 6. The van der Waals surface area contributed by atoms with E-state index in [4.69, 9.17) is 5.73 Å². The number of hydrogen-bond acceptors (Lipinski definition) is 6. The highest BCUT2D eigenvalue weighted by Crippen LogP contribution is 2.21. The van der Waals surface area contributed by atoms with E-state index in [0.29, 0.717) is 19.3 Å². The third-order valence-electron chi connectivity index (χ3n) is 5.61. The molecule has 0 spiro atoms. The normalized spacial score (nSPS) is 13.7. The van der Waals surface area contributed by atoms with Crippen molar-refractivity contribution in [1.82, 2.24) is 5.32 Å². The zero-order valence-electron chi connectivity index (χ0n) is 19.3. The predicted molar refractivity (Wildman–Crippen MR) is 117 cm³/mol. The molecule has 0 aromatic carbocycles. The molecular formula is C23H38N2O6. The van der Waals surface area contributed by atoms with E-state index in [1.807, 2.05) is 6.92 Å². The monoisotopic (exact) mass is 438 g/mol. The first-order valence-corrected chi connectivity index (χ1v) is 11.2. The first-order chi connectivity index (χ1) is 14.5. The Hall–Kier alpha value is -2.38. The first kappa shape index (κ1) is 28.6. The third-order valence-corrected chi connectivity index (χ3v) is 5.61. The molecule has 176 valence electrons. The van der Waals surface area contributed by atoms with Gasteiger partial charge in [-0.15, -0.1) is 0 Å². The number of Topliss-reactive ketones (excluding diaryl/α,β-unsaturated/α-hetero) is 4. The summed E-state index contributed by atoms with van der Waals surface area (Å²) in [5.74, 6) is -2.15. The number of ketones is 4. The van der Waals surface area contributed by atoms with Gasteiger partial charge in [-0.2, -0.15) is 0 Å². The zero-order valence-corrected chi connectivity index (χ0v) is 19.3. The zero-order chi connectivity index (χ0) is 24.0. The average Bonchev–Trinajstić information content (AvgIpc) is 2.72. The van der Waals surface area contributed by atoms with Crippen LogP contribution in [0.1, 0.15) is 91.9 Å². The largest absolute Gasteiger partial charge is 0.370 e. The van der Waals surface area contributed by atoms with Gasteiger partial charge in [-0.3, -0.25) is 28.8 Å². The van der Waals surface area contributed by atoms with E-state index in [1.165, 1.54) is 6.92 Å². The molecule has 8 heteroatoms. The Kier molecular flexibility index (Phi) is 14.2. The molecule has 0 aliphatic carbocycles. The molecule has 0 aromatic heterocycles. The Labute approximate surface area is 185 Å². The van der Waals surface area contributed by atoms with E-state index in [-0.39, 0.29) is 79.9 Å². The number of amides is 2. The lowest BCUT2D eigenvalue weighted by Gasteiger charge is -2.19. The van der Waals surface area contributed by atoms with E-state index in [9.17, 15) is 28.8 Å². The highest BCUT2D eigenvalue weighted by Gasteiger charge is 2.25. The quantitative estimate of drug-likeness (QED) is 0.337. The van der Waals surface area contributed by atoms with Gasteiger partial charge in [-0.1, -0.05) is 20.8 Å². The average molecular weight is 439 g/mol. The molecule has 0 aliphatic heterocycles. The lowest BCUT2D eigenvalue weighted by molar-refractivity contribution is -0.131. The number of carbonyl (C=O) groups excluding carboxylic acids is 6. The smallest absolute Gasteiger partial charge is 0.220 e. The Morgan fingerprint density at radius 2 is 1.39 bits per heavy atom. The van der Waals surface area contributed by atoms with Gasteiger partial charge in [0.25, 0.3) is 0 Å². The minimum atomic E-state index is -0.695. The molecule has 0 heterocycles. The van der Waals surface area contributed by atoms with Crippen molar-refractivity contribution in [3.63, 3.8) is 0 Å². The molecule has 3 N–H and O–H groups in total. The molecule has 8 nitrogen and oxygen atoms in total. The van der Waals surface area contributed by atoms with Crippen LogP contribution in [0.4, 0.5) is 0 Å². The summed E-state index contributed by atoms with van der Waals surface area (Å²) in [6, 6.07) is -0.695. The van der Waals surface area contributed by atoms with E-state index in [2.05, 4.69) is 5.32 Å². The number of rotatable bonds is 18. The fourth-order valence-electron chi connectivity index (χ4n) is 3.38. The summed E-state index contributed by atoms with van der Waals surface area (Å²) < 4.78 is 0. The van der Waals surface area contributed by atoms with Crippen LogP contribution in [0.25, 0.3) is 0 Å². The van der Waals surface area contributed by atoms with Crippen LogP contribution < -0.4 is 11.1 Å². The second-order valence-corrected chi connectivity index (χ2v) is 8.00. The van der Waals surface area contributed by atoms with Crippen molar-refractivity contribution in [3.8, 4) is 0 Å². The number of nitrogens with one attached hydrogen (secondary N) is 1. The van der Waals surface area contributed by atoms with E-state index < -0.39 is 17.9 Å². The topological polar surface area (TPSA) is 140 Å². The molecule has 0 aromatic rings. The van der Waals surface area contributed by atoms with E-state index in [0.717, 1.165) is 0 Å². The van der Waals surface area contributed by atoms with Crippen molar-refractivity contribution >= 4 is 34.9 Å². The van der Waals surface area contributed by atoms with Gasteiger partial charge in [0.05, 0.1) is 6.04 Å². The maximum Gasteiger partial charge on any atom is 0.220 e. The first-order valence-electron chi connectivity index (χ1n) is 11.2. The van der Waals surface area contributed by atoms with Gasteiger partial charge in [0.2, 0.25) is 11.8 Å². The Morgan fingerprint density at radius 3 is 1.87 bits per heavy atom. The van der Waals surface area contributed by atoms with Crippen LogP contribution in [0.15, 0.2) is 0 Å². The van der Waals surface area contributed by atoms with Crippen molar-refractivity contribution in [2.45, 2.75) is 97.9 Å². The van der Waals surface area contributed by atoms with Gasteiger partial charge >= 0.3 is 0 Å². The number of nitrogens with two attached hydrogens (primary N) is 1. The maximum absolute atomic E-state index is 12.6. The Morgan fingerprint density at radius 1 is 0.774 bits per heavy atom. The van der Waals surface area contributed by atoms with Crippen molar-refractivity contribution in [2.75, 3.05) is 0 Å². The summed E-state index contributed by atoms with van der Waals surface area (Å²) in [7, 11) is 0. The molecule has 3 unspecified atom stereocenters. The van der Waals surface area contributed by atoms with Crippen molar-refractivity contribution < 1.29 is 28.8 Å². The molecule has 31 heavy (non-hydrogen) atoms. The summed E-state index contributed by atoms with van der Waals surface area (Å²) in [6.07, 6.45) is 2.39. The van der Waals surface area contributed by atoms with Crippen LogP contribution in [0.5, 0.6) is 0 Å². The molecule has 2 amide bonds. The van der Waals surface area contributed by atoms with Crippen molar-refractivity contribution in [1.29, 1.82) is 0 Å². The van der Waals surface area contributed by atoms with Gasteiger partial charge in [-0.25, -0.2) is 0 Å². The molecule has 3 atom stereocenters. The molecule has 0 saturated heterocycles. The van der Waals surface area contributed by atoms with Crippen LogP contribution in [-0.2, 0) is 28.8 Å². The Balaban J connectivity index is 4.81. The molecule has 0 saturated carbocycles. The van der Waals surface area contributed by atoms with Crippen LogP contribution >= 0.6 is 0 Å². The summed E-state index contributed by atoms with van der Waals surface area (Å²) in [5, 5.41) is 2.70. The second-order valence-electron chi connectivity index (χ2n) is 8.00. The predicted octanol–water partition coefficient (Wildman–Crippen LogP) is 2.45. The third kappa shape index (κ3) is 12.2. The fraction of sp³-hybridized carbons (Fsp3) is 0.739.